The average Bonchev–Trinajstić information content (AvgIpc) is 3.02. The fourth-order valence-corrected chi connectivity index (χ4v) is 3.16. The molecule has 0 radical (unpaired) electrons. The number of β-amino-alcohol motifs (C(OH)–C–C–N with tert-alkyl or cyclic N) is 1. The van der Waals surface area contributed by atoms with E-state index < -0.39 is 0 Å². The molecule has 2 aromatic heterocycles. The Hall–Kier alpha value is -1.50. The first kappa shape index (κ1) is 13.2. The monoisotopic (exact) mass is 347 g/mol. The summed E-state index contributed by atoms with van der Waals surface area (Å²) in [4.78, 5) is 11.2. The molecule has 6 heteroatoms. The molecule has 1 fully saturated rings. The second-order valence-electron chi connectivity index (χ2n) is 5.42. The zero-order valence-corrected chi connectivity index (χ0v) is 12.9. The van der Waals surface area contributed by atoms with Gasteiger partial charge in [-0.2, -0.15) is 0 Å². The number of furan rings is 1. The number of nitrogens with zero attached hydrogens (tertiary/aromatic N) is 3. The summed E-state index contributed by atoms with van der Waals surface area (Å²) < 4.78 is 6.75. The van der Waals surface area contributed by atoms with Gasteiger partial charge in [0.1, 0.15) is 16.9 Å². The van der Waals surface area contributed by atoms with Gasteiger partial charge in [-0.1, -0.05) is 15.9 Å². The topological polar surface area (TPSA) is 62.4 Å². The molecule has 1 atom stereocenters. The summed E-state index contributed by atoms with van der Waals surface area (Å²) >= 11 is 3.48. The summed E-state index contributed by atoms with van der Waals surface area (Å²) in [6.45, 7) is 2.24. The van der Waals surface area contributed by atoms with Crippen LogP contribution >= 0.6 is 15.9 Å². The van der Waals surface area contributed by atoms with E-state index in [9.17, 15) is 5.11 Å². The average molecular weight is 348 g/mol. The minimum absolute atomic E-state index is 0.223. The predicted octanol–water partition coefficient (Wildman–Crippen LogP) is 2.71. The SMILES string of the molecule is O[C@H]1CCN(Cc2ncc3oc4ccc(Br)cc4c3n2)C1. The van der Waals surface area contributed by atoms with Gasteiger partial charge in [-0.05, 0) is 24.6 Å². The number of aromatic nitrogens is 2. The van der Waals surface area contributed by atoms with Crippen molar-refractivity contribution in [2.45, 2.75) is 19.1 Å². The van der Waals surface area contributed by atoms with Crippen molar-refractivity contribution in [1.29, 1.82) is 0 Å². The first-order valence-corrected chi connectivity index (χ1v) is 7.72. The van der Waals surface area contributed by atoms with Crippen molar-refractivity contribution in [3.8, 4) is 0 Å². The van der Waals surface area contributed by atoms with Gasteiger partial charge in [0.05, 0.1) is 18.8 Å². The van der Waals surface area contributed by atoms with Crippen molar-refractivity contribution in [1.82, 2.24) is 14.9 Å². The molecule has 108 valence electrons. The van der Waals surface area contributed by atoms with Crippen molar-refractivity contribution < 1.29 is 9.52 Å². The second-order valence-corrected chi connectivity index (χ2v) is 6.33. The fraction of sp³-hybridized carbons (Fsp3) is 0.333. The van der Waals surface area contributed by atoms with E-state index in [1.807, 2.05) is 18.2 Å². The zero-order valence-electron chi connectivity index (χ0n) is 11.3. The second kappa shape index (κ2) is 5.05. The van der Waals surface area contributed by atoms with Gasteiger partial charge in [-0.25, -0.2) is 9.97 Å². The number of fused-ring (bicyclic) bond motifs is 3. The van der Waals surface area contributed by atoms with Gasteiger partial charge in [0, 0.05) is 22.9 Å². The molecule has 0 amide bonds. The minimum Gasteiger partial charge on any atom is -0.453 e. The van der Waals surface area contributed by atoms with Crippen LogP contribution in [-0.4, -0.2) is 39.2 Å². The molecule has 1 aromatic carbocycles. The molecule has 3 aromatic rings. The molecule has 4 rings (SSSR count). The van der Waals surface area contributed by atoms with Crippen molar-refractivity contribution >= 4 is 38.0 Å². The van der Waals surface area contributed by atoms with Gasteiger partial charge in [0.25, 0.3) is 0 Å². The molecule has 0 spiro atoms. The summed E-state index contributed by atoms with van der Waals surface area (Å²) in [7, 11) is 0. The van der Waals surface area contributed by atoms with Crippen LogP contribution in [0, 0.1) is 0 Å². The molecule has 0 saturated carbocycles. The van der Waals surface area contributed by atoms with Crippen LogP contribution in [0.25, 0.3) is 22.1 Å². The smallest absolute Gasteiger partial charge is 0.172 e. The maximum absolute atomic E-state index is 9.59. The Labute approximate surface area is 129 Å². The maximum atomic E-state index is 9.59. The van der Waals surface area contributed by atoms with Crippen LogP contribution in [0.15, 0.2) is 33.3 Å². The molecule has 3 heterocycles. The van der Waals surface area contributed by atoms with Crippen LogP contribution in [0.3, 0.4) is 0 Å². The van der Waals surface area contributed by atoms with Gasteiger partial charge in [0.2, 0.25) is 0 Å². The Balaban J connectivity index is 1.74. The molecule has 1 aliphatic rings. The molecular formula is C15H14BrN3O2. The number of rotatable bonds is 2. The highest BCUT2D eigenvalue weighted by molar-refractivity contribution is 9.10. The van der Waals surface area contributed by atoms with E-state index in [0.29, 0.717) is 18.7 Å². The van der Waals surface area contributed by atoms with Crippen LogP contribution in [0.5, 0.6) is 0 Å². The van der Waals surface area contributed by atoms with Crippen LogP contribution in [0.4, 0.5) is 0 Å². The van der Waals surface area contributed by atoms with Crippen LogP contribution < -0.4 is 0 Å². The lowest BCUT2D eigenvalue weighted by Crippen LogP contribution is -2.22. The molecule has 0 bridgehead atoms. The summed E-state index contributed by atoms with van der Waals surface area (Å²) in [5.74, 6) is 0.763. The number of hydrogen-bond donors (Lipinski definition) is 1. The van der Waals surface area contributed by atoms with Gasteiger partial charge >= 0.3 is 0 Å². The van der Waals surface area contributed by atoms with E-state index in [1.54, 1.807) is 6.20 Å². The third-order valence-electron chi connectivity index (χ3n) is 3.83. The third kappa shape index (κ3) is 2.43. The first-order valence-electron chi connectivity index (χ1n) is 6.93. The van der Waals surface area contributed by atoms with E-state index in [4.69, 9.17) is 4.42 Å². The van der Waals surface area contributed by atoms with Gasteiger partial charge < -0.3 is 9.52 Å². The fourth-order valence-electron chi connectivity index (χ4n) is 2.80. The van der Waals surface area contributed by atoms with Crippen LogP contribution in [0.1, 0.15) is 12.2 Å². The first-order chi connectivity index (χ1) is 10.2. The Bertz CT molecular complexity index is 817. The van der Waals surface area contributed by atoms with E-state index in [1.165, 1.54) is 0 Å². The molecule has 1 saturated heterocycles. The highest BCUT2D eigenvalue weighted by Crippen LogP contribution is 2.29. The number of aliphatic hydroxyl groups excluding tert-OH is 1. The van der Waals surface area contributed by atoms with Crippen LogP contribution in [0.2, 0.25) is 0 Å². The van der Waals surface area contributed by atoms with Crippen molar-refractivity contribution in [3.05, 3.63) is 34.7 Å². The van der Waals surface area contributed by atoms with Gasteiger partial charge in [0.15, 0.2) is 5.58 Å². The Kier molecular flexibility index (Phi) is 3.17. The number of aliphatic hydroxyl groups is 1. The molecule has 21 heavy (non-hydrogen) atoms. The summed E-state index contributed by atoms with van der Waals surface area (Å²) in [6, 6.07) is 5.89. The van der Waals surface area contributed by atoms with Crippen molar-refractivity contribution in [2.75, 3.05) is 13.1 Å². The van der Waals surface area contributed by atoms with Gasteiger partial charge in [-0.15, -0.1) is 0 Å². The van der Waals surface area contributed by atoms with E-state index >= 15 is 0 Å². The normalized spacial score (nSPS) is 19.8. The number of likely N-dealkylation sites (tertiary alicyclic amines) is 1. The standard InChI is InChI=1S/C15H14BrN3O2/c16-9-1-2-12-11(5-9)15-13(21-12)6-17-14(18-15)8-19-4-3-10(20)7-19/h1-2,5-6,10,20H,3-4,7-8H2/t10-/m0/s1. The number of benzene rings is 1. The minimum atomic E-state index is -0.223. The lowest BCUT2D eigenvalue weighted by Gasteiger charge is -2.12. The largest absolute Gasteiger partial charge is 0.453 e. The Morgan fingerprint density at radius 2 is 2.29 bits per heavy atom. The zero-order chi connectivity index (χ0) is 14.4. The number of hydrogen-bond acceptors (Lipinski definition) is 5. The van der Waals surface area contributed by atoms with Crippen molar-refractivity contribution in [2.24, 2.45) is 0 Å². The van der Waals surface area contributed by atoms with Crippen LogP contribution in [-0.2, 0) is 6.54 Å². The molecule has 0 aliphatic carbocycles. The third-order valence-corrected chi connectivity index (χ3v) is 4.33. The van der Waals surface area contributed by atoms with Crippen molar-refractivity contribution in [3.63, 3.8) is 0 Å². The van der Waals surface area contributed by atoms with E-state index in [0.717, 1.165) is 39.7 Å². The summed E-state index contributed by atoms with van der Waals surface area (Å²) in [6.07, 6.45) is 2.33. The summed E-state index contributed by atoms with van der Waals surface area (Å²) in [5, 5.41) is 10.6. The van der Waals surface area contributed by atoms with E-state index in [2.05, 4.69) is 30.8 Å². The molecule has 1 N–H and O–H groups in total. The van der Waals surface area contributed by atoms with E-state index in [-0.39, 0.29) is 6.10 Å². The lowest BCUT2D eigenvalue weighted by molar-refractivity contribution is 0.174. The Morgan fingerprint density at radius 1 is 1.38 bits per heavy atom. The highest BCUT2D eigenvalue weighted by Gasteiger charge is 2.21. The summed E-state index contributed by atoms with van der Waals surface area (Å²) in [5.41, 5.74) is 2.36. The maximum Gasteiger partial charge on any atom is 0.172 e. The highest BCUT2D eigenvalue weighted by atomic mass is 79.9. The number of halogens is 1. The lowest BCUT2D eigenvalue weighted by atomic mass is 10.2. The molecule has 5 nitrogen and oxygen atoms in total. The quantitative estimate of drug-likeness (QED) is 0.772. The molecule has 1 aliphatic heterocycles. The predicted molar refractivity (Wildman–Crippen MR) is 82.9 cm³/mol. The Morgan fingerprint density at radius 3 is 3.10 bits per heavy atom. The molecule has 0 unspecified atom stereocenters. The van der Waals surface area contributed by atoms with Gasteiger partial charge in [-0.3, -0.25) is 4.90 Å². The molecular weight excluding hydrogens is 334 g/mol.